The Labute approximate surface area is 133 Å². The number of amides is 2. The van der Waals surface area contributed by atoms with E-state index >= 15 is 0 Å². The van der Waals surface area contributed by atoms with E-state index in [9.17, 15) is 22.8 Å². The molecule has 0 saturated carbocycles. The van der Waals surface area contributed by atoms with E-state index in [1.807, 2.05) is 0 Å². The van der Waals surface area contributed by atoms with Gasteiger partial charge in [-0.1, -0.05) is 32.0 Å². The third kappa shape index (κ3) is 5.58. The number of hydrogen-bond donors (Lipinski definition) is 2. The van der Waals surface area contributed by atoms with E-state index in [0.29, 0.717) is 5.56 Å². The summed E-state index contributed by atoms with van der Waals surface area (Å²) in [4.78, 5) is 22.8. The van der Waals surface area contributed by atoms with Gasteiger partial charge in [0.15, 0.2) is 0 Å². The van der Waals surface area contributed by atoms with Crippen LogP contribution in [0.2, 0.25) is 0 Å². The van der Waals surface area contributed by atoms with E-state index in [1.54, 1.807) is 19.9 Å². The normalized spacial score (nSPS) is 13.3. The van der Waals surface area contributed by atoms with Crippen molar-refractivity contribution < 1.29 is 22.8 Å². The van der Waals surface area contributed by atoms with Crippen molar-refractivity contribution in [2.75, 3.05) is 6.54 Å². The lowest BCUT2D eigenvalue weighted by Crippen LogP contribution is -2.47. The van der Waals surface area contributed by atoms with Crippen molar-refractivity contribution in [2.24, 2.45) is 0 Å². The van der Waals surface area contributed by atoms with Gasteiger partial charge in [-0.3, -0.25) is 9.59 Å². The van der Waals surface area contributed by atoms with Gasteiger partial charge >= 0.3 is 6.18 Å². The fourth-order valence-corrected chi connectivity index (χ4v) is 2.05. The summed E-state index contributed by atoms with van der Waals surface area (Å²) in [7, 11) is 0. The van der Waals surface area contributed by atoms with E-state index in [4.69, 9.17) is 0 Å². The highest BCUT2D eigenvalue weighted by Crippen LogP contribution is 2.32. The molecule has 0 heterocycles. The molecule has 0 aliphatic heterocycles. The van der Waals surface area contributed by atoms with Crippen LogP contribution in [0.3, 0.4) is 0 Å². The van der Waals surface area contributed by atoms with E-state index < -0.39 is 23.2 Å². The predicted molar refractivity (Wildman–Crippen MR) is 80.8 cm³/mol. The summed E-state index contributed by atoms with van der Waals surface area (Å²) in [6.45, 7) is 6.47. The maximum atomic E-state index is 12.8. The molecule has 0 aromatic heterocycles. The number of hydrogen-bond acceptors (Lipinski definition) is 2. The Balaban J connectivity index is 2.80. The first kappa shape index (κ1) is 19.0. The Bertz CT molecular complexity index is 583. The minimum atomic E-state index is -4.41. The van der Waals surface area contributed by atoms with Gasteiger partial charge in [-0.25, -0.2) is 0 Å². The zero-order valence-electron chi connectivity index (χ0n) is 13.5. The molecule has 1 aromatic carbocycles. The van der Waals surface area contributed by atoms with Crippen LogP contribution in [-0.4, -0.2) is 24.4 Å². The highest BCUT2D eigenvalue weighted by molar-refractivity contribution is 5.86. The van der Waals surface area contributed by atoms with Crippen molar-refractivity contribution in [3.63, 3.8) is 0 Å². The van der Waals surface area contributed by atoms with Crippen molar-refractivity contribution in [3.05, 3.63) is 35.4 Å². The summed E-state index contributed by atoms with van der Waals surface area (Å²) in [5.74, 6) is -0.718. The molecule has 128 valence electrons. The Hall–Kier alpha value is -2.05. The van der Waals surface area contributed by atoms with Gasteiger partial charge in [0.1, 0.15) is 6.04 Å². The number of carbonyl (C=O) groups is 2. The molecule has 0 aliphatic rings. The monoisotopic (exact) mass is 330 g/mol. The molecule has 23 heavy (non-hydrogen) atoms. The SMILES string of the molecule is CC(=O)N[C@H](C)C(=O)NCC(C)(C)c1cccc(C(F)(F)F)c1. The van der Waals surface area contributed by atoms with Gasteiger partial charge in [-0.2, -0.15) is 13.2 Å². The van der Waals surface area contributed by atoms with Gasteiger partial charge in [0.25, 0.3) is 0 Å². The summed E-state index contributed by atoms with van der Waals surface area (Å²) in [6.07, 6.45) is -4.41. The second kappa shape index (κ2) is 7.02. The first-order chi connectivity index (χ1) is 10.4. The molecule has 0 fully saturated rings. The van der Waals surface area contributed by atoms with Crippen LogP contribution in [0.4, 0.5) is 13.2 Å². The van der Waals surface area contributed by atoms with Crippen molar-refractivity contribution in [3.8, 4) is 0 Å². The molecule has 1 aromatic rings. The third-order valence-electron chi connectivity index (χ3n) is 3.49. The maximum absolute atomic E-state index is 12.8. The Morgan fingerprint density at radius 1 is 1.17 bits per heavy atom. The minimum Gasteiger partial charge on any atom is -0.353 e. The first-order valence-corrected chi connectivity index (χ1v) is 7.16. The molecule has 4 nitrogen and oxygen atoms in total. The molecule has 2 N–H and O–H groups in total. The number of alkyl halides is 3. The van der Waals surface area contributed by atoms with Gasteiger partial charge in [0.05, 0.1) is 5.56 Å². The van der Waals surface area contributed by atoms with Gasteiger partial charge in [0.2, 0.25) is 11.8 Å². The molecule has 2 amide bonds. The topological polar surface area (TPSA) is 58.2 Å². The van der Waals surface area contributed by atoms with Gasteiger partial charge in [0, 0.05) is 18.9 Å². The van der Waals surface area contributed by atoms with Crippen molar-refractivity contribution in [1.82, 2.24) is 10.6 Å². The van der Waals surface area contributed by atoms with E-state index in [1.165, 1.54) is 19.9 Å². The van der Waals surface area contributed by atoms with E-state index in [0.717, 1.165) is 12.1 Å². The highest BCUT2D eigenvalue weighted by Gasteiger charge is 2.32. The molecule has 0 bridgehead atoms. The summed E-state index contributed by atoms with van der Waals surface area (Å²) in [6, 6.07) is 4.34. The van der Waals surface area contributed by atoms with Gasteiger partial charge in [-0.05, 0) is 18.6 Å². The van der Waals surface area contributed by atoms with Crippen LogP contribution in [0.1, 0.15) is 38.8 Å². The van der Waals surface area contributed by atoms with Gasteiger partial charge in [-0.15, -0.1) is 0 Å². The van der Waals surface area contributed by atoms with Crippen LogP contribution in [0.5, 0.6) is 0 Å². The first-order valence-electron chi connectivity index (χ1n) is 7.16. The maximum Gasteiger partial charge on any atom is 0.416 e. The second-order valence-electron chi connectivity index (χ2n) is 6.10. The van der Waals surface area contributed by atoms with E-state index in [-0.39, 0.29) is 18.4 Å². The fourth-order valence-electron chi connectivity index (χ4n) is 2.05. The third-order valence-corrected chi connectivity index (χ3v) is 3.49. The summed E-state index contributed by atoms with van der Waals surface area (Å²) in [5, 5.41) is 5.10. The largest absolute Gasteiger partial charge is 0.416 e. The average Bonchev–Trinajstić information content (AvgIpc) is 2.43. The quantitative estimate of drug-likeness (QED) is 0.872. The van der Waals surface area contributed by atoms with Crippen LogP contribution in [-0.2, 0) is 21.2 Å². The second-order valence-corrected chi connectivity index (χ2v) is 6.10. The van der Waals surface area contributed by atoms with Crippen molar-refractivity contribution >= 4 is 11.8 Å². The molecule has 0 saturated heterocycles. The highest BCUT2D eigenvalue weighted by atomic mass is 19.4. The predicted octanol–water partition coefficient (Wildman–Crippen LogP) is 2.62. The van der Waals surface area contributed by atoms with Crippen LogP contribution in [0.15, 0.2) is 24.3 Å². The van der Waals surface area contributed by atoms with Crippen LogP contribution in [0, 0.1) is 0 Å². The zero-order chi connectivity index (χ0) is 17.8. The van der Waals surface area contributed by atoms with Crippen molar-refractivity contribution in [2.45, 2.75) is 45.3 Å². The molecular formula is C16H21F3N2O2. The number of rotatable bonds is 5. The standard InChI is InChI=1S/C16H21F3N2O2/c1-10(21-11(2)22)14(23)20-9-15(3,4)12-6-5-7-13(8-12)16(17,18)19/h5-8,10H,9H2,1-4H3,(H,20,23)(H,21,22)/t10-/m1/s1. The fraction of sp³-hybridized carbons (Fsp3) is 0.500. The molecule has 1 atom stereocenters. The van der Waals surface area contributed by atoms with Crippen LogP contribution < -0.4 is 10.6 Å². The van der Waals surface area contributed by atoms with E-state index in [2.05, 4.69) is 10.6 Å². The van der Waals surface area contributed by atoms with Gasteiger partial charge < -0.3 is 10.6 Å². The average molecular weight is 330 g/mol. The molecule has 1 rings (SSSR count). The number of nitrogens with one attached hydrogen (secondary N) is 2. The molecule has 0 spiro atoms. The minimum absolute atomic E-state index is 0.150. The number of benzene rings is 1. The summed E-state index contributed by atoms with van der Waals surface area (Å²) < 4.78 is 38.4. The molecule has 0 unspecified atom stereocenters. The summed E-state index contributed by atoms with van der Waals surface area (Å²) in [5.41, 5.74) is -0.937. The number of halogens is 3. The Morgan fingerprint density at radius 3 is 2.26 bits per heavy atom. The number of carbonyl (C=O) groups excluding carboxylic acids is 2. The van der Waals surface area contributed by atoms with Crippen LogP contribution >= 0.6 is 0 Å². The Kier molecular flexibility index (Phi) is 5.80. The molecule has 0 aliphatic carbocycles. The molecule has 0 radical (unpaired) electrons. The lowest BCUT2D eigenvalue weighted by atomic mass is 9.83. The molecule has 7 heteroatoms. The smallest absolute Gasteiger partial charge is 0.353 e. The van der Waals surface area contributed by atoms with Crippen LogP contribution in [0.25, 0.3) is 0 Å². The lowest BCUT2D eigenvalue weighted by molar-refractivity contribution is -0.137. The van der Waals surface area contributed by atoms with Crippen molar-refractivity contribution in [1.29, 1.82) is 0 Å². The zero-order valence-corrected chi connectivity index (χ0v) is 13.5. The molecular weight excluding hydrogens is 309 g/mol. The Morgan fingerprint density at radius 2 is 1.74 bits per heavy atom. The summed E-state index contributed by atoms with van der Waals surface area (Å²) >= 11 is 0. The lowest BCUT2D eigenvalue weighted by Gasteiger charge is -2.27.